The van der Waals surface area contributed by atoms with Crippen LogP contribution in [0.25, 0.3) is 0 Å². The maximum Gasteiger partial charge on any atom is 0.171 e. The van der Waals surface area contributed by atoms with Crippen LogP contribution in [0.15, 0.2) is 0 Å². The summed E-state index contributed by atoms with van der Waals surface area (Å²) in [5.74, 6) is 2.30. The van der Waals surface area contributed by atoms with Crippen LogP contribution in [0.3, 0.4) is 0 Å². The molecule has 4 saturated carbocycles. The molecule has 5 rings (SSSR count). The second-order valence-corrected chi connectivity index (χ2v) is 7.38. The topological polar surface area (TPSA) is 38.7 Å². The third-order valence-corrected chi connectivity index (χ3v) is 6.14. The van der Waals surface area contributed by atoms with Gasteiger partial charge in [-0.1, -0.05) is 0 Å². The standard InChI is InChI=1S/C15H24O3/c1-14(17-9-13(8-16)18-14)15-5-10-2-11(6-15)4-12(3-10)7-15/h10-13,16H,2-9H2,1H3. The Morgan fingerprint density at radius 2 is 1.61 bits per heavy atom. The summed E-state index contributed by atoms with van der Waals surface area (Å²) in [5.41, 5.74) is 0.242. The zero-order chi connectivity index (χ0) is 12.4. The normalized spacial score (nSPS) is 58.3. The molecule has 1 N–H and O–H groups in total. The van der Waals surface area contributed by atoms with E-state index in [9.17, 15) is 5.11 Å². The molecule has 1 heterocycles. The molecule has 0 aromatic rings. The predicted octanol–water partition coefficient (Wildman–Crippen LogP) is 2.33. The molecule has 5 aliphatic rings. The van der Waals surface area contributed by atoms with Crippen LogP contribution in [-0.2, 0) is 9.47 Å². The van der Waals surface area contributed by atoms with Crippen LogP contribution in [-0.4, -0.2) is 30.2 Å². The Morgan fingerprint density at radius 1 is 1.06 bits per heavy atom. The van der Waals surface area contributed by atoms with Crippen molar-refractivity contribution in [2.45, 2.75) is 57.3 Å². The fraction of sp³-hybridized carbons (Fsp3) is 1.00. The van der Waals surface area contributed by atoms with Gasteiger partial charge in [0.1, 0.15) is 6.10 Å². The van der Waals surface area contributed by atoms with Crippen molar-refractivity contribution in [1.82, 2.24) is 0 Å². The van der Waals surface area contributed by atoms with Gasteiger partial charge in [-0.3, -0.25) is 0 Å². The molecule has 4 aliphatic carbocycles. The molecule has 0 spiro atoms. The SMILES string of the molecule is CC1(C23CC4CC(CC(C4)C2)C3)OCC(CO)O1. The molecule has 0 aromatic carbocycles. The van der Waals surface area contributed by atoms with E-state index in [1.165, 1.54) is 38.5 Å². The van der Waals surface area contributed by atoms with E-state index in [1.807, 2.05) is 0 Å². The van der Waals surface area contributed by atoms with Crippen LogP contribution in [0.2, 0.25) is 0 Å². The first-order valence-electron chi connectivity index (χ1n) is 7.55. The lowest BCUT2D eigenvalue weighted by Crippen LogP contribution is -2.57. The van der Waals surface area contributed by atoms with E-state index in [1.54, 1.807) is 0 Å². The van der Waals surface area contributed by atoms with Crippen molar-refractivity contribution in [2.75, 3.05) is 13.2 Å². The van der Waals surface area contributed by atoms with Gasteiger partial charge in [-0.25, -0.2) is 0 Å². The maximum absolute atomic E-state index is 9.28. The summed E-state index contributed by atoms with van der Waals surface area (Å²) in [5, 5.41) is 9.28. The molecule has 3 nitrogen and oxygen atoms in total. The molecule has 1 saturated heterocycles. The van der Waals surface area contributed by atoms with Gasteiger partial charge in [0.25, 0.3) is 0 Å². The molecule has 0 radical (unpaired) electrons. The summed E-state index contributed by atoms with van der Waals surface area (Å²) in [7, 11) is 0. The molecule has 102 valence electrons. The molecule has 5 fully saturated rings. The van der Waals surface area contributed by atoms with E-state index >= 15 is 0 Å². The second kappa shape index (κ2) is 3.71. The summed E-state index contributed by atoms with van der Waals surface area (Å²) in [4.78, 5) is 0. The molecule has 2 atom stereocenters. The van der Waals surface area contributed by atoms with Gasteiger partial charge in [-0.15, -0.1) is 0 Å². The van der Waals surface area contributed by atoms with Crippen molar-refractivity contribution < 1.29 is 14.6 Å². The van der Waals surface area contributed by atoms with Crippen LogP contribution < -0.4 is 0 Å². The quantitative estimate of drug-likeness (QED) is 0.819. The fourth-order valence-corrected chi connectivity index (χ4v) is 5.67. The average molecular weight is 252 g/mol. The van der Waals surface area contributed by atoms with Gasteiger partial charge in [-0.05, 0) is 63.2 Å². The highest BCUT2D eigenvalue weighted by Crippen LogP contribution is 2.65. The molecule has 0 aromatic heterocycles. The maximum atomic E-state index is 9.28. The van der Waals surface area contributed by atoms with Crippen molar-refractivity contribution in [3.63, 3.8) is 0 Å². The zero-order valence-corrected chi connectivity index (χ0v) is 11.2. The number of hydrogen-bond acceptors (Lipinski definition) is 3. The van der Waals surface area contributed by atoms with Crippen molar-refractivity contribution >= 4 is 0 Å². The summed E-state index contributed by atoms with van der Waals surface area (Å²) in [6.07, 6.45) is 8.08. The van der Waals surface area contributed by atoms with Crippen LogP contribution in [0.5, 0.6) is 0 Å². The van der Waals surface area contributed by atoms with Crippen molar-refractivity contribution in [3.8, 4) is 0 Å². The smallest absolute Gasteiger partial charge is 0.171 e. The minimum absolute atomic E-state index is 0.0853. The Balaban J connectivity index is 1.63. The highest BCUT2D eigenvalue weighted by molar-refractivity contribution is 5.07. The largest absolute Gasteiger partial charge is 0.394 e. The van der Waals surface area contributed by atoms with Crippen molar-refractivity contribution in [2.24, 2.45) is 23.2 Å². The third kappa shape index (κ3) is 1.47. The third-order valence-electron chi connectivity index (χ3n) is 6.14. The minimum Gasteiger partial charge on any atom is -0.394 e. The van der Waals surface area contributed by atoms with Gasteiger partial charge in [-0.2, -0.15) is 0 Å². The number of hydrogen-bond donors (Lipinski definition) is 1. The Labute approximate surface area is 109 Å². The number of aliphatic hydroxyl groups excluding tert-OH is 1. The lowest BCUT2D eigenvalue weighted by Gasteiger charge is -2.61. The molecule has 1 aliphatic heterocycles. The van der Waals surface area contributed by atoms with Crippen LogP contribution in [0, 0.1) is 23.2 Å². The Morgan fingerprint density at radius 3 is 2.06 bits per heavy atom. The molecule has 3 heteroatoms. The van der Waals surface area contributed by atoms with Crippen LogP contribution >= 0.6 is 0 Å². The van der Waals surface area contributed by atoms with Gasteiger partial charge < -0.3 is 14.6 Å². The summed E-state index contributed by atoms with van der Waals surface area (Å²) in [6.45, 7) is 2.78. The van der Waals surface area contributed by atoms with Crippen LogP contribution in [0.1, 0.15) is 45.4 Å². The van der Waals surface area contributed by atoms with Crippen molar-refractivity contribution in [1.29, 1.82) is 0 Å². The Kier molecular flexibility index (Phi) is 2.41. The van der Waals surface area contributed by atoms with Gasteiger partial charge in [0.2, 0.25) is 0 Å². The van der Waals surface area contributed by atoms with Gasteiger partial charge in [0.15, 0.2) is 5.79 Å². The zero-order valence-electron chi connectivity index (χ0n) is 11.2. The summed E-state index contributed by atoms with van der Waals surface area (Å²) >= 11 is 0. The van der Waals surface area contributed by atoms with Gasteiger partial charge in [0.05, 0.1) is 13.2 Å². The number of rotatable bonds is 2. The van der Waals surface area contributed by atoms with Gasteiger partial charge >= 0.3 is 0 Å². The second-order valence-electron chi connectivity index (χ2n) is 7.38. The number of ether oxygens (including phenoxy) is 2. The van der Waals surface area contributed by atoms with E-state index in [0.29, 0.717) is 6.61 Å². The lowest BCUT2D eigenvalue weighted by molar-refractivity contribution is -0.278. The highest BCUT2D eigenvalue weighted by Gasteiger charge is 2.62. The molecular formula is C15H24O3. The van der Waals surface area contributed by atoms with Gasteiger partial charge in [0, 0.05) is 5.41 Å². The van der Waals surface area contributed by atoms with E-state index in [4.69, 9.17) is 9.47 Å². The molecule has 4 bridgehead atoms. The fourth-order valence-electron chi connectivity index (χ4n) is 5.67. The first-order valence-corrected chi connectivity index (χ1v) is 7.55. The Bertz CT molecular complexity index is 318. The van der Waals surface area contributed by atoms with Crippen LogP contribution in [0.4, 0.5) is 0 Å². The monoisotopic (exact) mass is 252 g/mol. The van der Waals surface area contributed by atoms with E-state index < -0.39 is 5.79 Å². The lowest BCUT2D eigenvalue weighted by atomic mass is 9.47. The molecular weight excluding hydrogens is 228 g/mol. The van der Waals surface area contributed by atoms with Crippen molar-refractivity contribution in [3.05, 3.63) is 0 Å². The average Bonchev–Trinajstić information content (AvgIpc) is 2.71. The number of aliphatic hydroxyl groups is 1. The van der Waals surface area contributed by atoms with E-state index in [0.717, 1.165) is 17.8 Å². The predicted molar refractivity (Wildman–Crippen MR) is 66.9 cm³/mol. The highest BCUT2D eigenvalue weighted by atomic mass is 16.7. The first kappa shape index (κ1) is 11.7. The minimum atomic E-state index is -0.434. The summed E-state index contributed by atoms with van der Waals surface area (Å²) in [6, 6.07) is 0. The van der Waals surface area contributed by atoms with E-state index in [-0.39, 0.29) is 18.1 Å². The molecule has 0 amide bonds. The Hall–Kier alpha value is -0.120. The first-order chi connectivity index (χ1) is 8.62. The molecule has 2 unspecified atom stereocenters. The van der Waals surface area contributed by atoms with E-state index in [2.05, 4.69) is 6.92 Å². The summed E-state index contributed by atoms with van der Waals surface area (Å²) < 4.78 is 12.2. The molecule has 18 heavy (non-hydrogen) atoms.